The van der Waals surface area contributed by atoms with Crippen LogP contribution in [0.5, 0.6) is 17.2 Å². The zero-order valence-electron chi connectivity index (χ0n) is 21.6. The van der Waals surface area contributed by atoms with Crippen molar-refractivity contribution in [2.75, 3.05) is 19.5 Å². The number of methoxy groups -OCH3 is 2. The number of aromatic nitrogens is 4. The highest BCUT2D eigenvalue weighted by Crippen LogP contribution is 2.30. The van der Waals surface area contributed by atoms with Gasteiger partial charge in [0.15, 0.2) is 22.9 Å². The lowest BCUT2D eigenvalue weighted by Gasteiger charge is -2.21. The van der Waals surface area contributed by atoms with Gasteiger partial charge >= 0.3 is 0 Å². The molecule has 10 nitrogen and oxygen atoms in total. The minimum Gasteiger partial charge on any atom is -0.493 e. The molecule has 0 spiro atoms. The average Bonchev–Trinajstić information content (AvgIpc) is 3.60. The third kappa shape index (κ3) is 5.25. The standard InChI is InChI=1S/C28H29N5O5/c1-28(2,34)20-8-5-6-9-21(20)38-17-19-15-25-31-26(23-10-7-13-37-23)32-33(25)27(30-19)29-16-18-11-12-22(35-3)24(14-18)36-4/h5-15,34H,16-17H2,1-4H3,(H,29,30). The highest BCUT2D eigenvalue weighted by molar-refractivity contribution is 5.55. The molecule has 5 rings (SSSR count). The summed E-state index contributed by atoms with van der Waals surface area (Å²) in [6.07, 6.45) is 1.58. The number of ether oxygens (including phenoxy) is 3. The minimum atomic E-state index is -1.05. The summed E-state index contributed by atoms with van der Waals surface area (Å²) in [6.45, 7) is 4.06. The molecule has 0 amide bonds. The molecule has 2 N–H and O–H groups in total. The summed E-state index contributed by atoms with van der Waals surface area (Å²) < 4.78 is 24.0. The lowest BCUT2D eigenvalue weighted by molar-refractivity contribution is 0.0743. The number of rotatable bonds is 10. The van der Waals surface area contributed by atoms with E-state index in [1.165, 1.54) is 0 Å². The van der Waals surface area contributed by atoms with Crippen LogP contribution < -0.4 is 19.5 Å². The van der Waals surface area contributed by atoms with Gasteiger partial charge in [-0.25, -0.2) is 9.97 Å². The van der Waals surface area contributed by atoms with Gasteiger partial charge < -0.3 is 29.1 Å². The topological polar surface area (TPSA) is 116 Å². The predicted molar refractivity (Wildman–Crippen MR) is 141 cm³/mol. The van der Waals surface area contributed by atoms with Gasteiger partial charge in [0.05, 0.1) is 31.8 Å². The second-order valence-electron chi connectivity index (χ2n) is 9.14. The van der Waals surface area contributed by atoms with Crippen molar-refractivity contribution in [2.45, 2.75) is 32.6 Å². The number of furan rings is 1. The van der Waals surface area contributed by atoms with Gasteiger partial charge in [0.1, 0.15) is 12.4 Å². The van der Waals surface area contributed by atoms with Crippen molar-refractivity contribution < 1.29 is 23.7 Å². The van der Waals surface area contributed by atoms with Crippen LogP contribution in [0, 0.1) is 0 Å². The van der Waals surface area contributed by atoms with Crippen LogP contribution in [0.2, 0.25) is 0 Å². The zero-order chi connectivity index (χ0) is 26.7. The van der Waals surface area contributed by atoms with Crippen LogP contribution in [0.3, 0.4) is 0 Å². The summed E-state index contributed by atoms with van der Waals surface area (Å²) in [5.41, 5.74) is 1.82. The van der Waals surface area contributed by atoms with E-state index < -0.39 is 5.60 Å². The molecule has 0 fully saturated rings. The first-order valence-corrected chi connectivity index (χ1v) is 12.1. The molecule has 2 aromatic carbocycles. The molecular weight excluding hydrogens is 486 g/mol. The van der Waals surface area contributed by atoms with Crippen LogP contribution in [-0.4, -0.2) is 38.9 Å². The smallest absolute Gasteiger partial charge is 0.226 e. The fourth-order valence-corrected chi connectivity index (χ4v) is 4.06. The largest absolute Gasteiger partial charge is 0.493 e. The van der Waals surface area contributed by atoms with E-state index in [1.54, 1.807) is 51.0 Å². The maximum atomic E-state index is 10.5. The number of nitrogens with one attached hydrogen (secondary N) is 1. The number of nitrogens with zero attached hydrogens (tertiary/aromatic N) is 4. The Morgan fingerprint density at radius 3 is 2.50 bits per heavy atom. The summed E-state index contributed by atoms with van der Waals surface area (Å²) in [4.78, 5) is 9.41. The highest BCUT2D eigenvalue weighted by Gasteiger charge is 2.21. The Morgan fingerprint density at radius 2 is 1.76 bits per heavy atom. The molecule has 38 heavy (non-hydrogen) atoms. The molecule has 10 heteroatoms. The predicted octanol–water partition coefficient (Wildman–Crippen LogP) is 4.82. The minimum absolute atomic E-state index is 0.164. The number of benzene rings is 2. The number of anilines is 1. The van der Waals surface area contributed by atoms with E-state index in [0.29, 0.717) is 58.2 Å². The molecule has 0 saturated carbocycles. The Bertz CT molecular complexity index is 1540. The fraction of sp³-hybridized carbons (Fsp3) is 0.250. The van der Waals surface area contributed by atoms with E-state index in [2.05, 4.69) is 15.4 Å². The van der Waals surface area contributed by atoms with Gasteiger partial charge in [-0.1, -0.05) is 24.3 Å². The summed E-state index contributed by atoms with van der Waals surface area (Å²) in [5, 5.41) is 18.5. The van der Waals surface area contributed by atoms with Crippen molar-refractivity contribution in [3.8, 4) is 28.8 Å². The normalized spacial score (nSPS) is 11.5. The van der Waals surface area contributed by atoms with Crippen LogP contribution in [0.1, 0.15) is 30.7 Å². The molecule has 196 valence electrons. The number of hydrogen-bond donors (Lipinski definition) is 2. The van der Waals surface area contributed by atoms with Crippen molar-refractivity contribution in [2.24, 2.45) is 0 Å². The molecule has 0 radical (unpaired) electrons. The van der Waals surface area contributed by atoms with Crippen molar-refractivity contribution in [1.82, 2.24) is 19.6 Å². The van der Waals surface area contributed by atoms with E-state index in [4.69, 9.17) is 23.6 Å². The molecule has 0 saturated heterocycles. The third-order valence-corrected chi connectivity index (χ3v) is 5.94. The molecular formula is C28H29N5O5. The SMILES string of the molecule is COc1ccc(CNc2nc(COc3ccccc3C(C)(C)O)cc3nc(-c4ccco4)nn23)cc1OC. The molecule has 3 heterocycles. The van der Waals surface area contributed by atoms with Gasteiger partial charge in [0, 0.05) is 18.2 Å². The van der Waals surface area contributed by atoms with Gasteiger partial charge in [-0.2, -0.15) is 4.52 Å². The number of hydrogen-bond acceptors (Lipinski definition) is 9. The maximum Gasteiger partial charge on any atom is 0.226 e. The fourth-order valence-electron chi connectivity index (χ4n) is 4.06. The van der Waals surface area contributed by atoms with E-state index in [9.17, 15) is 5.11 Å². The lowest BCUT2D eigenvalue weighted by atomic mass is 9.97. The van der Waals surface area contributed by atoms with Crippen molar-refractivity contribution in [3.05, 3.63) is 83.7 Å². The molecule has 0 unspecified atom stereocenters. The second kappa shape index (κ2) is 10.4. The molecule has 3 aromatic heterocycles. The Hall–Kier alpha value is -4.57. The van der Waals surface area contributed by atoms with Crippen molar-refractivity contribution in [1.29, 1.82) is 0 Å². The first-order valence-electron chi connectivity index (χ1n) is 12.1. The Morgan fingerprint density at radius 1 is 0.947 bits per heavy atom. The average molecular weight is 516 g/mol. The molecule has 0 aliphatic heterocycles. The van der Waals surface area contributed by atoms with Gasteiger partial charge in [-0.15, -0.1) is 5.10 Å². The number of para-hydroxylation sites is 1. The monoisotopic (exact) mass is 515 g/mol. The number of aliphatic hydroxyl groups is 1. The van der Waals surface area contributed by atoms with E-state index in [-0.39, 0.29) is 6.61 Å². The van der Waals surface area contributed by atoms with Crippen LogP contribution in [0.4, 0.5) is 5.95 Å². The number of fused-ring (bicyclic) bond motifs is 1. The summed E-state index contributed by atoms with van der Waals surface area (Å²) in [5.74, 6) is 3.35. The molecule has 0 aliphatic carbocycles. The summed E-state index contributed by atoms with van der Waals surface area (Å²) in [6, 6.07) is 18.5. The summed E-state index contributed by atoms with van der Waals surface area (Å²) in [7, 11) is 3.20. The molecule has 0 aliphatic rings. The second-order valence-corrected chi connectivity index (χ2v) is 9.14. The van der Waals surface area contributed by atoms with Gasteiger partial charge in [0.25, 0.3) is 0 Å². The first kappa shape index (κ1) is 25.1. The first-order chi connectivity index (χ1) is 18.4. The van der Waals surface area contributed by atoms with Crippen molar-refractivity contribution >= 4 is 11.6 Å². The van der Waals surface area contributed by atoms with Crippen molar-refractivity contribution in [3.63, 3.8) is 0 Å². The zero-order valence-corrected chi connectivity index (χ0v) is 21.6. The Labute approximate surface area is 219 Å². The van der Waals surface area contributed by atoms with Gasteiger partial charge in [-0.05, 0) is 49.7 Å². The quantitative estimate of drug-likeness (QED) is 0.270. The van der Waals surface area contributed by atoms with Crippen LogP contribution in [0.25, 0.3) is 17.2 Å². The van der Waals surface area contributed by atoms with Crippen LogP contribution in [0.15, 0.2) is 71.3 Å². The highest BCUT2D eigenvalue weighted by atomic mass is 16.5. The van der Waals surface area contributed by atoms with E-state index >= 15 is 0 Å². The molecule has 0 atom stereocenters. The third-order valence-electron chi connectivity index (χ3n) is 5.94. The Balaban J connectivity index is 1.46. The van der Waals surface area contributed by atoms with E-state index in [0.717, 1.165) is 5.56 Å². The summed E-state index contributed by atoms with van der Waals surface area (Å²) >= 11 is 0. The maximum absolute atomic E-state index is 10.5. The van der Waals surface area contributed by atoms with Gasteiger partial charge in [0.2, 0.25) is 11.8 Å². The molecule has 5 aromatic rings. The van der Waals surface area contributed by atoms with E-state index in [1.807, 2.05) is 48.5 Å². The Kier molecular flexibility index (Phi) is 6.89. The van der Waals surface area contributed by atoms with Crippen LogP contribution >= 0.6 is 0 Å². The lowest BCUT2D eigenvalue weighted by Crippen LogP contribution is -2.17. The van der Waals surface area contributed by atoms with Crippen LogP contribution in [-0.2, 0) is 18.8 Å². The molecule has 0 bridgehead atoms. The van der Waals surface area contributed by atoms with Gasteiger partial charge in [-0.3, -0.25) is 0 Å².